The van der Waals surface area contributed by atoms with Crippen molar-refractivity contribution >= 4 is 15.8 Å². The van der Waals surface area contributed by atoms with Crippen LogP contribution in [0.5, 0.6) is 0 Å². The Balaban J connectivity index is 3.19. The van der Waals surface area contributed by atoms with E-state index in [4.69, 9.17) is 5.11 Å². The minimum absolute atomic E-state index is 0.149. The number of hydrogen-bond acceptors (Lipinski definition) is 4. The third kappa shape index (κ3) is 4.00. The van der Waals surface area contributed by atoms with Crippen LogP contribution in [0.25, 0.3) is 0 Å². The van der Waals surface area contributed by atoms with Crippen LogP contribution in [-0.2, 0) is 20.2 Å². The Hall–Kier alpha value is -1.47. The van der Waals surface area contributed by atoms with E-state index in [1.54, 1.807) is 0 Å². The van der Waals surface area contributed by atoms with Gasteiger partial charge < -0.3 is 10.2 Å². The van der Waals surface area contributed by atoms with Crippen LogP contribution >= 0.6 is 0 Å². The molecule has 19 heavy (non-hydrogen) atoms. The van der Waals surface area contributed by atoms with Crippen LogP contribution < -0.4 is 0 Å². The third-order valence-corrected chi connectivity index (χ3v) is 4.25. The van der Waals surface area contributed by atoms with Gasteiger partial charge in [0.1, 0.15) is 5.82 Å². The molecule has 0 radical (unpaired) electrons. The Morgan fingerprint density at radius 1 is 1.37 bits per heavy atom. The molecule has 1 aromatic rings. The SMILES string of the molecule is CC(C)(O)c1cc(S(=O)(=O)CCC(=O)O)ccc1F. The van der Waals surface area contributed by atoms with Crippen molar-refractivity contribution in [2.24, 2.45) is 0 Å². The van der Waals surface area contributed by atoms with Crippen molar-refractivity contribution in [3.63, 3.8) is 0 Å². The van der Waals surface area contributed by atoms with Crippen molar-refractivity contribution in [1.82, 2.24) is 0 Å². The monoisotopic (exact) mass is 290 g/mol. The summed E-state index contributed by atoms with van der Waals surface area (Å²) in [5.74, 6) is -2.52. The predicted octanol–water partition coefficient (Wildman–Crippen LogP) is 1.30. The van der Waals surface area contributed by atoms with E-state index in [0.29, 0.717) is 0 Å². The molecule has 0 aliphatic carbocycles. The van der Waals surface area contributed by atoms with Crippen molar-refractivity contribution in [3.05, 3.63) is 29.6 Å². The van der Waals surface area contributed by atoms with E-state index in [-0.39, 0.29) is 10.5 Å². The molecule has 1 aromatic carbocycles. The lowest BCUT2D eigenvalue weighted by Gasteiger charge is -2.19. The van der Waals surface area contributed by atoms with Gasteiger partial charge in [-0.1, -0.05) is 0 Å². The molecule has 2 N–H and O–H groups in total. The average molecular weight is 290 g/mol. The molecule has 0 fully saturated rings. The van der Waals surface area contributed by atoms with E-state index < -0.39 is 39.4 Å². The van der Waals surface area contributed by atoms with Crippen molar-refractivity contribution in [2.75, 3.05) is 5.75 Å². The maximum absolute atomic E-state index is 13.5. The summed E-state index contributed by atoms with van der Waals surface area (Å²) in [6, 6.07) is 3.04. The van der Waals surface area contributed by atoms with Crippen molar-refractivity contribution < 1.29 is 27.8 Å². The molecule has 0 spiro atoms. The zero-order valence-corrected chi connectivity index (χ0v) is 11.4. The summed E-state index contributed by atoms with van der Waals surface area (Å²) in [4.78, 5) is 10.2. The topological polar surface area (TPSA) is 91.7 Å². The number of aliphatic hydroxyl groups is 1. The molecule has 0 unspecified atom stereocenters. The molecule has 106 valence electrons. The van der Waals surface area contributed by atoms with Gasteiger partial charge in [0.2, 0.25) is 0 Å². The van der Waals surface area contributed by atoms with Crippen LogP contribution in [0.4, 0.5) is 4.39 Å². The van der Waals surface area contributed by atoms with Crippen LogP contribution in [0.1, 0.15) is 25.8 Å². The molecule has 7 heteroatoms. The summed E-state index contributed by atoms with van der Waals surface area (Å²) < 4.78 is 37.2. The Labute approximate surface area is 110 Å². The molecule has 1 rings (SSSR count). The number of carboxylic acid groups (broad SMARTS) is 1. The smallest absolute Gasteiger partial charge is 0.304 e. The van der Waals surface area contributed by atoms with Crippen LogP contribution in [0.2, 0.25) is 0 Å². The second-order valence-corrected chi connectivity index (χ2v) is 6.77. The Bertz CT molecular complexity index is 587. The highest BCUT2D eigenvalue weighted by atomic mass is 32.2. The third-order valence-electron chi connectivity index (χ3n) is 2.54. The van der Waals surface area contributed by atoms with Gasteiger partial charge in [-0.25, -0.2) is 12.8 Å². The van der Waals surface area contributed by atoms with Crippen LogP contribution in [0, 0.1) is 5.82 Å². The molecule has 0 aromatic heterocycles. The fourth-order valence-corrected chi connectivity index (χ4v) is 2.76. The molecule has 0 amide bonds. The summed E-state index contributed by atoms with van der Waals surface area (Å²) in [5.41, 5.74) is -1.67. The molecular weight excluding hydrogens is 275 g/mol. The number of rotatable bonds is 5. The number of aliphatic carboxylic acids is 1. The standard InChI is InChI=1S/C12H15FO5S/c1-12(2,16)9-7-8(3-4-10(9)13)19(17,18)6-5-11(14)15/h3-4,7,16H,5-6H2,1-2H3,(H,14,15). The highest BCUT2D eigenvalue weighted by molar-refractivity contribution is 7.91. The number of sulfone groups is 1. The van der Waals surface area contributed by atoms with Crippen LogP contribution in [0.3, 0.4) is 0 Å². The average Bonchev–Trinajstić information content (AvgIpc) is 2.25. The van der Waals surface area contributed by atoms with Gasteiger partial charge in [-0.05, 0) is 32.0 Å². The Kier molecular flexibility index (Phi) is 4.32. The van der Waals surface area contributed by atoms with E-state index in [2.05, 4.69) is 0 Å². The van der Waals surface area contributed by atoms with E-state index in [1.807, 2.05) is 0 Å². The second kappa shape index (κ2) is 5.26. The first kappa shape index (κ1) is 15.6. The molecular formula is C12H15FO5S. The molecule has 0 aliphatic rings. The first-order chi connectivity index (χ1) is 8.54. The molecule has 0 heterocycles. The zero-order chi connectivity index (χ0) is 14.8. The molecule has 0 saturated heterocycles. The summed E-state index contributed by atoms with van der Waals surface area (Å²) in [6.07, 6.45) is -0.530. The largest absolute Gasteiger partial charge is 0.481 e. The number of hydrogen-bond donors (Lipinski definition) is 2. The fraction of sp³-hybridized carbons (Fsp3) is 0.417. The first-order valence-electron chi connectivity index (χ1n) is 5.51. The number of benzene rings is 1. The maximum atomic E-state index is 13.5. The summed E-state index contributed by atoms with van der Waals surface area (Å²) in [6.45, 7) is 2.66. The lowest BCUT2D eigenvalue weighted by Crippen LogP contribution is -2.19. The maximum Gasteiger partial charge on any atom is 0.304 e. The quantitative estimate of drug-likeness (QED) is 0.798. The van der Waals surface area contributed by atoms with Crippen LogP contribution in [-0.4, -0.2) is 30.4 Å². The van der Waals surface area contributed by atoms with Gasteiger partial charge in [0.05, 0.1) is 22.7 Å². The van der Waals surface area contributed by atoms with E-state index in [1.165, 1.54) is 13.8 Å². The van der Waals surface area contributed by atoms with Crippen LogP contribution in [0.15, 0.2) is 23.1 Å². The second-order valence-electron chi connectivity index (χ2n) is 4.66. The number of carboxylic acids is 1. The highest BCUT2D eigenvalue weighted by Gasteiger charge is 2.24. The van der Waals surface area contributed by atoms with E-state index in [0.717, 1.165) is 18.2 Å². The minimum Gasteiger partial charge on any atom is -0.481 e. The van der Waals surface area contributed by atoms with Crippen molar-refractivity contribution in [3.8, 4) is 0 Å². The number of carbonyl (C=O) groups is 1. The van der Waals surface area contributed by atoms with E-state index in [9.17, 15) is 22.7 Å². The minimum atomic E-state index is -3.81. The lowest BCUT2D eigenvalue weighted by atomic mass is 9.98. The van der Waals surface area contributed by atoms with Gasteiger partial charge in [0.15, 0.2) is 9.84 Å². The van der Waals surface area contributed by atoms with E-state index >= 15 is 0 Å². The van der Waals surface area contributed by atoms with Gasteiger partial charge in [0, 0.05) is 5.56 Å². The van der Waals surface area contributed by atoms with Gasteiger partial charge in [-0.3, -0.25) is 4.79 Å². The summed E-state index contributed by atoms with van der Waals surface area (Å²) >= 11 is 0. The van der Waals surface area contributed by atoms with Gasteiger partial charge >= 0.3 is 5.97 Å². The van der Waals surface area contributed by atoms with Crippen molar-refractivity contribution in [1.29, 1.82) is 0 Å². The molecule has 5 nitrogen and oxygen atoms in total. The Morgan fingerprint density at radius 2 is 1.95 bits per heavy atom. The molecule has 0 atom stereocenters. The van der Waals surface area contributed by atoms with Gasteiger partial charge in [0.25, 0.3) is 0 Å². The molecule has 0 saturated carbocycles. The highest BCUT2D eigenvalue weighted by Crippen LogP contribution is 2.26. The van der Waals surface area contributed by atoms with Crippen molar-refractivity contribution in [2.45, 2.75) is 30.8 Å². The van der Waals surface area contributed by atoms with Gasteiger partial charge in [-0.15, -0.1) is 0 Å². The van der Waals surface area contributed by atoms with Gasteiger partial charge in [-0.2, -0.15) is 0 Å². The fourth-order valence-electron chi connectivity index (χ4n) is 1.51. The molecule has 0 aliphatic heterocycles. The molecule has 0 bridgehead atoms. The summed E-state index contributed by atoms with van der Waals surface area (Å²) in [5, 5.41) is 18.2. The predicted molar refractivity (Wildman–Crippen MR) is 66.0 cm³/mol. The lowest BCUT2D eigenvalue weighted by molar-refractivity contribution is -0.136. The number of halogens is 1. The Morgan fingerprint density at radius 3 is 2.42 bits per heavy atom. The normalized spacial score (nSPS) is 12.4. The summed E-state index contributed by atoms with van der Waals surface area (Å²) in [7, 11) is -3.81. The zero-order valence-electron chi connectivity index (χ0n) is 10.6. The first-order valence-corrected chi connectivity index (χ1v) is 7.16.